The monoisotopic (exact) mass is 270 g/mol. The van der Waals surface area contributed by atoms with Gasteiger partial charge in [0.1, 0.15) is 0 Å². The molecule has 104 valence electrons. The molecule has 0 saturated heterocycles. The van der Waals surface area contributed by atoms with Gasteiger partial charge in [0.05, 0.1) is 18.1 Å². The number of aromatic nitrogens is 1. The van der Waals surface area contributed by atoms with E-state index in [-0.39, 0.29) is 11.4 Å². The number of hydrogen-bond acceptors (Lipinski definition) is 4. The number of hydrogen-bond donors (Lipinski definition) is 0. The van der Waals surface area contributed by atoms with Gasteiger partial charge in [-0.05, 0) is 56.4 Å². The molecule has 0 spiro atoms. The average molecular weight is 270 g/mol. The molecule has 0 bridgehead atoms. The van der Waals surface area contributed by atoms with E-state index in [2.05, 4.69) is 11.1 Å². The van der Waals surface area contributed by atoms with Crippen LogP contribution in [0.25, 0.3) is 6.08 Å². The maximum Gasteiger partial charge on any atom is 0.330 e. The Hall–Kier alpha value is -2.15. The molecule has 1 aliphatic rings. The molecule has 1 fully saturated rings. The van der Waals surface area contributed by atoms with Gasteiger partial charge >= 0.3 is 5.97 Å². The first-order valence-electron chi connectivity index (χ1n) is 6.80. The van der Waals surface area contributed by atoms with Gasteiger partial charge in [0.25, 0.3) is 0 Å². The molecule has 0 amide bonds. The molecule has 1 aliphatic carbocycles. The van der Waals surface area contributed by atoms with Gasteiger partial charge in [0, 0.05) is 18.0 Å². The van der Waals surface area contributed by atoms with Gasteiger partial charge in [0.15, 0.2) is 0 Å². The van der Waals surface area contributed by atoms with E-state index < -0.39 is 0 Å². The second-order valence-electron chi connectivity index (χ2n) is 5.17. The summed E-state index contributed by atoms with van der Waals surface area (Å²) in [6.07, 6.45) is 7.48. The molecule has 1 aromatic rings. The van der Waals surface area contributed by atoms with E-state index >= 15 is 0 Å². The van der Waals surface area contributed by atoms with Crippen LogP contribution in [0.4, 0.5) is 0 Å². The Labute approximate surface area is 119 Å². The van der Waals surface area contributed by atoms with E-state index in [4.69, 9.17) is 10.00 Å². The number of aryl methyl sites for hydroxylation is 1. The average Bonchev–Trinajstić information content (AvgIpc) is 3.20. The number of esters is 1. The molecule has 0 atom stereocenters. The topological polar surface area (TPSA) is 63.0 Å². The Morgan fingerprint density at radius 1 is 1.60 bits per heavy atom. The lowest BCUT2D eigenvalue weighted by atomic mass is 9.96. The first-order valence-corrected chi connectivity index (χ1v) is 6.80. The van der Waals surface area contributed by atoms with Crippen molar-refractivity contribution in [2.24, 2.45) is 5.41 Å². The highest BCUT2D eigenvalue weighted by Crippen LogP contribution is 2.47. The minimum absolute atomic E-state index is 0.185. The highest BCUT2D eigenvalue weighted by molar-refractivity contribution is 5.86. The van der Waals surface area contributed by atoms with Crippen LogP contribution in [0.15, 0.2) is 18.3 Å². The third-order valence-electron chi connectivity index (χ3n) is 3.53. The van der Waals surface area contributed by atoms with Gasteiger partial charge in [-0.2, -0.15) is 5.26 Å². The predicted octanol–water partition coefficient (Wildman–Crippen LogP) is 2.81. The summed E-state index contributed by atoms with van der Waals surface area (Å²) >= 11 is 0. The van der Waals surface area contributed by atoms with Gasteiger partial charge in [-0.25, -0.2) is 4.79 Å². The molecule has 0 aliphatic heterocycles. The Balaban J connectivity index is 2.12. The van der Waals surface area contributed by atoms with E-state index in [0.717, 1.165) is 36.1 Å². The molecule has 0 radical (unpaired) electrons. The van der Waals surface area contributed by atoms with E-state index in [0.29, 0.717) is 6.61 Å². The molecule has 1 aromatic heterocycles. The first-order chi connectivity index (χ1) is 9.58. The summed E-state index contributed by atoms with van der Waals surface area (Å²) < 4.78 is 4.84. The van der Waals surface area contributed by atoms with Crippen molar-refractivity contribution < 1.29 is 9.53 Å². The van der Waals surface area contributed by atoms with Crippen LogP contribution in [0.2, 0.25) is 0 Å². The predicted molar refractivity (Wildman–Crippen MR) is 75.6 cm³/mol. The molecule has 1 heterocycles. The summed E-state index contributed by atoms with van der Waals surface area (Å²) in [5.74, 6) is -0.356. The Morgan fingerprint density at radius 2 is 2.35 bits per heavy atom. The highest BCUT2D eigenvalue weighted by atomic mass is 16.5. The van der Waals surface area contributed by atoms with Crippen molar-refractivity contribution in [3.05, 3.63) is 35.2 Å². The van der Waals surface area contributed by atoms with E-state index in [9.17, 15) is 4.79 Å². The first kappa shape index (κ1) is 14.3. The quantitative estimate of drug-likeness (QED) is 0.609. The molecule has 0 aromatic carbocycles. The molecule has 4 nitrogen and oxygen atoms in total. The number of rotatable bonds is 5. The van der Waals surface area contributed by atoms with Crippen molar-refractivity contribution >= 4 is 12.0 Å². The van der Waals surface area contributed by atoms with Crippen LogP contribution in [0, 0.1) is 23.7 Å². The third kappa shape index (κ3) is 3.45. The number of nitrogens with zero attached hydrogens (tertiary/aromatic N) is 2. The van der Waals surface area contributed by atoms with Crippen LogP contribution in [-0.2, 0) is 16.0 Å². The van der Waals surface area contributed by atoms with Crippen molar-refractivity contribution in [3.63, 3.8) is 0 Å². The molecule has 0 unspecified atom stereocenters. The summed E-state index contributed by atoms with van der Waals surface area (Å²) in [4.78, 5) is 15.6. The van der Waals surface area contributed by atoms with Gasteiger partial charge in [-0.1, -0.05) is 0 Å². The Kier molecular flexibility index (Phi) is 4.19. The SMILES string of the molecule is CCOC(=O)/C=C/c1cnc(C)c(CC2(C#N)CC2)c1. The van der Waals surface area contributed by atoms with Gasteiger partial charge in [-0.15, -0.1) is 0 Å². The van der Waals surface area contributed by atoms with Crippen molar-refractivity contribution in [1.82, 2.24) is 4.98 Å². The maximum absolute atomic E-state index is 11.3. The van der Waals surface area contributed by atoms with Gasteiger partial charge in [-0.3, -0.25) is 4.98 Å². The van der Waals surface area contributed by atoms with Crippen LogP contribution >= 0.6 is 0 Å². The van der Waals surface area contributed by atoms with E-state index in [1.54, 1.807) is 19.2 Å². The Bertz CT molecular complexity index is 581. The zero-order valence-electron chi connectivity index (χ0n) is 11.8. The molecular formula is C16H18N2O2. The lowest BCUT2D eigenvalue weighted by Crippen LogP contribution is -2.05. The van der Waals surface area contributed by atoms with Gasteiger partial charge < -0.3 is 4.74 Å². The zero-order valence-corrected chi connectivity index (χ0v) is 11.8. The Morgan fingerprint density at radius 3 is 2.95 bits per heavy atom. The summed E-state index contributed by atoms with van der Waals surface area (Å²) in [5.41, 5.74) is 2.69. The molecule has 2 rings (SSSR count). The maximum atomic E-state index is 11.3. The number of ether oxygens (including phenoxy) is 1. The van der Waals surface area contributed by atoms with Crippen LogP contribution in [-0.4, -0.2) is 17.6 Å². The summed E-state index contributed by atoms with van der Waals surface area (Å²) in [7, 11) is 0. The molecule has 20 heavy (non-hydrogen) atoms. The number of pyridine rings is 1. The number of carbonyl (C=O) groups is 1. The normalized spacial score (nSPS) is 15.8. The molecular weight excluding hydrogens is 252 g/mol. The number of nitriles is 1. The largest absolute Gasteiger partial charge is 0.463 e. The molecule has 4 heteroatoms. The fraction of sp³-hybridized carbons (Fsp3) is 0.438. The summed E-state index contributed by atoms with van der Waals surface area (Å²) in [6.45, 7) is 4.08. The number of carbonyl (C=O) groups excluding carboxylic acids is 1. The standard InChI is InChI=1S/C16H18N2O2/c1-3-20-15(19)5-4-13-8-14(12(2)18-10-13)9-16(11-17)6-7-16/h4-5,8,10H,3,6-7,9H2,1-2H3/b5-4+. The van der Waals surface area contributed by atoms with Crippen LogP contribution < -0.4 is 0 Å². The molecule has 1 saturated carbocycles. The van der Waals surface area contributed by atoms with E-state index in [1.165, 1.54) is 6.08 Å². The summed E-state index contributed by atoms with van der Waals surface area (Å²) in [5, 5.41) is 9.17. The third-order valence-corrected chi connectivity index (χ3v) is 3.53. The fourth-order valence-corrected chi connectivity index (χ4v) is 2.07. The minimum atomic E-state index is -0.356. The molecule has 0 N–H and O–H groups in total. The minimum Gasteiger partial charge on any atom is -0.463 e. The lowest BCUT2D eigenvalue weighted by Gasteiger charge is -2.09. The lowest BCUT2D eigenvalue weighted by molar-refractivity contribution is -0.137. The van der Waals surface area contributed by atoms with Crippen molar-refractivity contribution in [2.45, 2.75) is 33.1 Å². The summed E-state index contributed by atoms with van der Waals surface area (Å²) in [6, 6.07) is 4.39. The van der Waals surface area contributed by atoms with Crippen molar-refractivity contribution in [3.8, 4) is 6.07 Å². The van der Waals surface area contributed by atoms with Crippen LogP contribution in [0.5, 0.6) is 0 Å². The van der Waals surface area contributed by atoms with E-state index in [1.807, 2.05) is 13.0 Å². The van der Waals surface area contributed by atoms with Gasteiger partial charge in [0.2, 0.25) is 0 Å². The smallest absolute Gasteiger partial charge is 0.330 e. The second kappa shape index (κ2) is 5.87. The van der Waals surface area contributed by atoms with Crippen LogP contribution in [0.1, 0.15) is 36.6 Å². The highest BCUT2D eigenvalue weighted by Gasteiger charge is 2.43. The zero-order chi connectivity index (χ0) is 14.6. The van der Waals surface area contributed by atoms with Crippen molar-refractivity contribution in [1.29, 1.82) is 5.26 Å². The second-order valence-corrected chi connectivity index (χ2v) is 5.17. The van der Waals surface area contributed by atoms with Crippen LogP contribution in [0.3, 0.4) is 0 Å². The fourth-order valence-electron chi connectivity index (χ4n) is 2.07. The van der Waals surface area contributed by atoms with Crippen molar-refractivity contribution in [2.75, 3.05) is 6.61 Å².